The summed E-state index contributed by atoms with van der Waals surface area (Å²) in [6.45, 7) is 20.5. The Labute approximate surface area is 807 Å². The van der Waals surface area contributed by atoms with E-state index in [2.05, 4.69) is 80.3 Å². The predicted octanol–water partition coefficient (Wildman–Crippen LogP) is 15.9. The van der Waals surface area contributed by atoms with Crippen LogP contribution in [0.5, 0.6) is 0 Å². The summed E-state index contributed by atoms with van der Waals surface area (Å²) in [5, 5.41) is 30.9. The van der Waals surface area contributed by atoms with Gasteiger partial charge in [0.25, 0.3) is 6.43 Å². The Hall–Kier alpha value is -12.5. The van der Waals surface area contributed by atoms with Crippen LogP contribution in [0.2, 0.25) is 10.0 Å². The number of fused-ring (bicyclic) bond motifs is 8. The summed E-state index contributed by atoms with van der Waals surface area (Å²) in [6.07, 6.45) is -11.5. The summed E-state index contributed by atoms with van der Waals surface area (Å²) < 4.78 is 208. The van der Waals surface area contributed by atoms with Gasteiger partial charge in [-0.15, -0.1) is 40.8 Å². The molecule has 11 aromatic rings. The highest BCUT2D eigenvalue weighted by atomic mass is 35.5. The molecule has 20 rings (SSSR count). The number of alkyl halides is 14. The molecular weight excluding hydrogens is 1920 g/mol. The van der Waals surface area contributed by atoms with Crippen molar-refractivity contribution in [2.24, 2.45) is 47.3 Å². The third-order valence-electron chi connectivity index (χ3n) is 27.7. The quantitative estimate of drug-likeness (QED) is 0.121. The lowest BCUT2D eigenvalue weighted by atomic mass is 9.85. The van der Waals surface area contributed by atoms with Gasteiger partial charge in [0.1, 0.15) is 11.1 Å². The minimum Gasteiger partial charge on any atom is -0.444 e. The lowest BCUT2D eigenvalue weighted by molar-refractivity contribution is -0.149. The number of carbonyl (C=O) groups excluding carboxylic acids is 5. The number of anilines is 4. The molecule has 9 aliphatic rings. The van der Waals surface area contributed by atoms with Gasteiger partial charge in [0, 0.05) is 215 Å². The third-order valence-corrected chi connectivity index (χ3v) is 28.3. The Morgan fingerprint density at radius 2 is 0.723 bits per heavy atom. The Balaban J connectivity index is 0.000000130. The molecule has 0 bridgehead atoms. The second-order valence-electron chi connectivity index (χ2n) is 38.1. The van der Waals surface area contributed by atoms with E-state index in [4.69, 9.17) is 27.9 Å². The van der Waals surface area contributed by atoms with E-state index in [-0.39, 0.29) is 195 Å². The third kappa shape index (κ3) is 21.1. The molecule has 5 amide bonds. The molecule has 1 unspecified atom stereocenters. The minimum atomic E-state index is -4.59. The van der Waals surface area contributed by atoms with Gasteiger partial charge in [0.05, 0.1) is 54.5 Å². The number of rotatable bonds is 9. The van der Waals surface area contributed by atoms with Crippen LogP contribution in [-0.2, 0) is 114 Å². The molecule has 31 nitrogen and oxygen atoms in total. The number of carbonyl (C=O) groups is 5. The Morgan fingerprint density at radius 1 is 0.383 bits per heavy atom. The lowest BCUT2D eigenvalue weighted by Gasteiger charge is -2.41. The number of hydrogen-bond acceptors (Lipinski definition) is 22. The zero-order chi connectivity index (χ0) is 101. The van der Waals surface area contributed by atoms with Crippen LogP contribution in [0.4, 0.5) is 93.4 Å². The lowest BCUT2D eigenvalue weighted by Crippen LogP contribution is -2.49. The first-order chi connectivity index (χ1) is 66.8. The van der Waals surface area contributed by atoms with E-state index >= 15 is 0 Å². The average Bonchev–Trinajstić information content (AvgIpc) is 1.50. The number of aromatic nitrogens is 16. The van der Waals surface area contributed by atoms with E-state index in [1.54, 1.807) is 55.2 Å². The summed E-state index contributed by atoms with van der Waals surface area (Å²) in [4.78, 5) is 99.9. The largest absolute Gasteiger partial charge is 0.451 e. The fourth-order valence-electron chi connectivity index (χ4n) is 20.7. The number of nitrogens with zero attached hydrogens (tertiary/aromatic N) is 25. The van der Waals surface area contributed by atoms with Gasteiger partial charge >= 0.3 is 30.8 Å². The zero-order valence-electron chi connectivity index (χ0n) is 77.6. The van der Waals surface area contributed by atoms with Crippen LogP contribution in [0.1, 0.15) is 144 Å². The molecule has 4 saturated heterocycles. The van der Waals surface area contributed by atoms with Crippen LogP contribution < -0.4 is 19.6 Å². The molecule has 9 aliphatic heterocycles. The van der Waals surface area contributed by atoms with Crippen molar-refractivity contribution in [1.29, 1.82) is 0 Å². The van der Waals surface area contributed by atoms with Crippen LogP contribution in [0.15, 0.2) is 97.6 Å². The number of ether oxygens (including phenoxy) is 1. The molecular formula is C93H100Cl2F15N25O6. The number of benzene rings is 3. The molecule has 0 saturated carbocycles. The molecule has 48 heteroatoms. The first kappa shape index (κ1) is 100. The maximum absolute atomic E-state index is 14.4. The van der Waals surface area contributed by atoms with E-state index in [0.29, 0.717) is 113 Å². The molecule has 0 spiro atoms. The topological polar surface area (TPSA) is 298 Å². The van der Waals surface area contributed by atoms with Gasteiger partial charge in [-0.3, -0.25) is 39.1 Å². The first-order valence-electron chi connectivity index (χ1n) is 46.3. The Kier molecular flexibility index (Phi) is 28.2. The second kappa shape index (κ2) is 39.8. The smallest absolute Gasteiger partial charge is 0.444 e. The van der Waals surface area contributed by atoms with Crippen LogP contribution in [0.3, 0.4) is 0 Å². The van der Waals surface area contributed by atoms with Crippen molar-refractivity contribution in [3.05, 3.63) is 177 Å². The highest BCUT2D eigenvalue weighted by Crippen LogP contribution is 2.44. The van der Waals surface area contributed by atoms with Gasteiger partial charge in [-0.25, -0.2) is 18.0 Å². The summed E-state index contributed by atoms with van der Waals surface area (Å²) in [6, 6.07) is 20.9. The van der Waals surface area contributed by atoms with Gasteiger partial charge in [-0.2, -0.15) is 52.7 Å². The molecule has 8 aromatic heterocycles. The highest BCUT2D eigenvalue weighted by Gasteiger charge is 2.48. The Morgan fingerprint density at radius 3 is 1.09 bits per heavy atom. The van der Waals surface area contributed by atoms with Gasteiger partial charge in [0.2, 0.25) is 46.9 Å². The fourth-order valence-corrected chi connectivity index (χ4v) is 21.0. The van der Waals surface area contributed by atoms with Gasteiger partial charge < -0.3 is 67.1 Å². The maximum atomic E-state index is 14.4. The monoisotopic (exact) mass is 2020 g/mol. The molecule has 0 radical (unpaired) electrons. The summed E-state index contributed by atoms with van der Waals surface area (Å²) in [5.74, 6) is -5.19. The van der Waals surface area contributed by atoms with Crippen LogP contribution in [-0.4, -0.2) is 224 Å². The van der Waals surface area contributed by atoms with E-state index in [0.717, 1.165) is 68.6 Å². The first-order valence-corrected chi connectivity index (χ1v) is 47.1. The van der Waals surface area contributed by atoms with E-state index in [1.165, 1.54) is 24.4 Å². The van der Waals surface area contributed by atoms with Crippen molar-refractivity contribution in [2.75, 3.05) is 105 Å². The molecule has 4 fully saturated rings. The van der Waals surface area contributed by atoms with Gasteiger partial charge in [0.15, 0.2) is 29.1 Å². The standard InChI is InChI=1S/C26H34F3N7O3.C23H23F5N6O.C22H21ClF4N6O.C22H22ClF3N6O/c1-16-13-33(20-5-8-30-19-14-35(10-7-18(19)20)24(38)39-25(2,3)4)9-6-17(16)22(37)34-11-12-36-21(15-34)31-32-23(36)26(27,28)29;1-13-11-32(18-4-6-29-17-10-14(20(24)25)2-3-16(17)18)7-5-15(13)21(35)33-8-9-34-19(12-33)30-31-22(34)23(26,27)28;1-12-10-31(16-4-6-28-19-14(16)2-3-15(23)18(19)24)7-5-13(12)20(34)32-8-9-33-17(11-32)29-30-21(33)22(25,26)27;1-13-11-30(18-4-6-27-17-10-14(23)2-3-16(17)18)7-5-15(13)20(33)31-8-9-32-19(12-31)28-29-21(32)22(24,25)26/h5,8,16-17H,6-7,9-15H2,1-4H3;2-4,6,10,13,15,20H,5,7-9,11-12H2,1H3;2-4,6,12-13H,5,7-11H2,1H3;2-4,6,10,13,15H,5,7-9,11-12H2,1H3/t16-,17+;13-,15?;12-,13+;13-,15+/m1111/s1. The minimum absolute atomic E-state index is 0.000245. The predicted molar refractivity (Wildman–Crippen MR) is 484 cm³/mol. The fraction of sp³-hybridized carbons (Fsp3) is 0.516. The van der Waals surface area contributed by atoms with E-state index in [9.17, 15) is 89.8 Å². The molecule has 17 heterocycles. The molecule has 8 atom stereocenters. The number of pyridine rings is 4. The van der Waals surface area contributed by atoms with E-state index < -0.39 is 65.8 Å². The summed E-state index contributed by atoms with van der Waals surface area (Å²) in [7, 11) is 0. The molecule has 141 heavy (non-hydrogen) atoms. The number of amides is 5. The molecule has 0 aliphatic carbocycles. The van der Waals surface area contributed by atoms with Crippen LogP contribution >= 0.6 is 23.2 Å². The van der Waals surface area contributed by atoms with Crippen LogP contribution in [0.25, 0.3) is 32.7 Å². The summed E-state index contributed by atoms with van der Waals surface area (Å²) >= 11 is 12.0. The van der Waals surface area contributed by atoms with Crippen molar-refractivity contribution < 1.29 is 94.6 Å². The number of piperidine rings is 4. The molecule has 0 N–H and O–H groups in total. The van der Waals surface area contributed by atoms with Crippen molar-refractivity contribution in [2.45, 2.75) is 176 Å². The van der Waals surface area contributed by atoms with Crippen molar-refractivity contribution >= 4 is 108 Å². The van der Waals surface area contributed by atoms with Gasteiger partial charge in [-0.05, 0) is 137 Å². The normalized spacial score (nSPS) is 21.4. The molecule has 752 valence electrons. The van der Waals surface area contributed by atoms with Gasteiger partial charge in [-0.1, -0.05) is 63.0 Å². The summed E-state index contributed by atoms with van der Waals surface area (Å²) in [5.41, 5.74) is 6.66. The number of hydrogen-bond donors (Lipinski definition) is 0. The Bertz CT molecular complexity index is 6530. The average molecular weight is 2020 g/mol. The highest BCUT2D eigenvalue weighted by molar-refractivity contribution is 6.32. The van der Waals surface area contributed by atoms with Crippen molar-refractivity contribution in [1.82, 2.24) is 103 Å². The zero-order valence-corrected chi connectivity index (χ0v) is 79.1. The van der Waals surface area contributed by atoms with Crippen molar-refractivity contribution in [3.8, 4) is 0 Å². The number of halogens is 17. The van der Waals surface area contributed by atoms with Crippen LogP contribution in [0, 0.1) is 53.2 Å². The SMILES string of the molecule is C[C@@H]1CN(c2ccnc3c(F)c(Cl)ccc23)CC[C@@H]1C(=O)N1CCn2c(nnc2C(F)(F)F)C1.C[C@@H]1CN(c2ccnc3c2CCN(C(=O)OC(C)(C)C)C3)CC[C@@H]1C(=O)N1CCn2c(nnc2C(F)(F)F)C1.C[C@@H]1CN(c2ccnc3cc(C(F)F)ccc23)CCC1C(=O)N1CCn2c(nnc2C(F)(F)F)C1.C[C@@H]1CN(c2ccnc3cc(Cl)ccc23)CC[C@@H]1C(=O)N1CCn2c(nnc2C(F)(F)F)C1. The molecule has 3 aromatic carbocycles. The van der Waals surface area contributed by atoms with Crippen molar-refractivity contribution in [3.63, 3.8) is 0 Å². The second-order valence-corrected chi connectivity index (χ2v) is 38.9. The maximum Gasteiger partial charge on any atom is 0.451 e. The van der Waals surface area contributed by atoms with E-state index in [1.807, 2.05) is 90.9 Å².